The zero-order valence-electron chi connectivity index (χ0n) is 16.9. The van der Waals surface area contributed by atoms with E-state index in [-0.39, 0.29) is 12.1 Å². The lowest BCUT2D eigenvalue weighted by molar-refractivity contribution is 0.240. The number of nitrogens with two attached hydrogens (primary N) is 1. The van der Waals surface area contributed by atoms with Crippen molar-refractivity contribution in [3.63, 3.8) is 0 Å². The minimum Gasteiger partial charge on any atom is -0.325 e. The summed E-state index contributed by atoms with van der Waals surface area (Å²) in [6, 6.07) is 7.09. The Hall–Kier alpha value is -0.735. The molecule has 1 saturated carbocycles. The van der Waals surface area contributed by atoms with E-state index in [2.05, 4.69) is 18.2 Å². The van der Waals surface area contributed by atoms with E-state index < -0.39 is 8.25 Å². The van der Waals surface area contributed by atoms with E-state index in [1.54, 1.807) is 0 Å². The molecule has 2 aliphatic rings. The maximum absolute atomic E-state index is 10.7. The third-order valence-corrected chi connectivity index (χ3v) is 7.20. The van der Waals surface area contributed by atoms with Crippen molar-refractivity contribution >= 4 is 16.1 Å². The third kappa shape index (κ3) is 6.13. The fraction of sp³-hybridized carbons (Fsp3) is 0.727. The minimum absolute atomic E-state index is 0.256. The summed E-state index contributed by atoms with van der Waals surface area (Å²) in [4.78, 5) is 8.78. The second kappa shape index (κ2) is 10.3. The Morgan fingerprint density at radius 2 is 2.11 bits per heavy atom. The first-order chi connectivity index (χ1) is 13.5. The van der Waals surface area contributed by atoms with Crippen molar-refractivity contribution in [3.8, 4) is 0 Å². The Labute approximate surface area is 172 Å². The van der Waals surface area contributed by atoms with Crippen LogP contribution in [-0.2, 0) is 21.9 Å². The molecule has 2 unspecified atom stereocenters. The normalized spacial score (nSPS) is 27.6. The molecule has 2 aliphatic carbocycles. The van der Waals surface area contributed by atoms with Gasteiger partial charge in [0.1, 0.15) is 6.61 Å². The number of fused-ring (bicyclic) bond motifs is 1. The van der Waals surface area contributed by atoms with Crippen LogP contribution >= 0.6 is 8.25 Å². The largest absolute Gasteiger partial charge is 0.694 e. The van der Waals surface area contributed by atoms with Crippen LogP contribution in [0.1, 0.15) is 80.4 Å². The molecule has 0 aliphatic heterocycles. The number of benzene rings is 1. The molecule has 28 heavy (non-hydrogen) atoms. The Morgan fingerprint density at radius 1 is 1.25 bits per heavy atom. The molecule has 1 aromatic rings. The number of hydrogen-bond donors (Lipinski definition) is 2. The predicted molar refractivity (Wildman–Crippen MR) is 115 cm³/mol. The first kappa shape index (κ1) is 22.0. The van der Waals surface area contributed by atoms with Crippen LogP contribution in [-0.4, -0.2) is 24.9 Å². The second-order valence-corrected chi connectivity index (χ2v) is 9.63. The molecule has 0 saturated heterocycles. The molecule has 3 rings (SSSR count). The average molecular weight is 402 g/mol. The molecule has 6 heteroatoms. The summed E-state index contributed by atoms with van der Waals surface area (Å²) in [5.74, 6) is 1.32. The smallest absolute Gasteiger partial charge is 0.325 e. The molecule has 4 atom stereocenters. The highest BCUT2D eigenvalue weighted by atomic mass is 31.1. The van der Waals surface area contributed by atoms with Gasteiger partial charge in [-0.25, -0.2) is 0 Å². The lowest BCUT2D eigenvalue weighted by Crippen LogP contribution is -2.37. The molecule has 152 valence electrons. The SMILES string of the molecule is [B]CCCCCC1CCc2cc([C@H]3CC[C@](N)(CCO[P+](=O)O)C3)ccc2C1. The number of hydrogen-bond acceptors (Lipinski definition) is 3. The predicted octanol–water partition coefficient (Wildman–Crippen LogP) is 4.96. The lowest BCUT2D eigenvalue weighted by Gasteiger charge is -2.26. The minimum atomic E-state index is -2.53. The molecule has 3 N–H and O–H groups in total. The fourth-order valence-corrected chi connectivity index (χ4v) is 5.35. The number of unbranched alkanes of at least 4 members (excludes halogenated alkanes) is 2. The third-order valence-electron chi connectivity index (χ3n) is 6.79. The lowest BCUT2D eigenvalue weighted by atomic mass is 9.79. The van der Waals surface area contributed by atoms with E-state index in [1.807, 2.05) is 0 Å². The highest BCUT2D eigenvalue weighted by Gasteiger charge is 2.37. The van der Waals surface area contributed by atoms with Crippen molar-refractivity contribution in [1.82, 2.24) is 0 Å². The van der Waals surface area contributed by atoms with Gasteiger partial charge >= 0.3 is 8.25 Å². The van der Waals surface area contributed by atoms with E-state index in [4.69, 9.17) is 23.0 Å². The first-order valence-electron chi connectivity index (χ1n) is 10.9. The van der Waals surface area contributed by atoms with Crippen molar-refractivity contribution in [1.29, 1.82) is 0 Å². The monoisotopic (exact) mass is 402 g/mol. The van der Waals surface area contributed by atoms with Crippen molar-refractivity contribution < 1.29 is 14.0 Å². The highest BCUT2D eigenvalue weighted by Crippen LogP contribution is 2.42. The summed E-state index contributed by atoms with van der Waals surface area (Å²) in [6.45, 7) is 0.256. The number of aryl methyl sites for hydroxylation is 1. The van der Waals surface area contributed by atoms with E-state index in [1.165, 1.54) is 55.2 Å². The van der Waals surface area contributed by atoms with Gasteiger partial charge in [0.25, 0.3) is 0 Å². The second-order valence-electron chi connectivity index (χ2n) is 8.90. The summed E-state index contributed by atoms with van der Waals surface area (Å²) < 4.78 is 15.5. The van der Waals surface area contributed by atoms with Crippen LogP contribution < -0.4 is 5.73 Å². The quantitative estimate of drug-likeness (QED) is 0.330. The first-order valence-corrected chi connectivity index (χ1v) is 12.0. The molecular weight excluding hydrogens is 368 g/mol. The van der Waals surface area contributed by atoms with E-state index in [9.17, 15) is 4.57 Å². The molecule has 1 aromatic carbocycles. The van der Waals surface area contributed by atoms with Crippen LogP contribution in [0.2, 0.25) is 6.32 Å². The molecule has 4 nitrogen and oxygen atoms in total. The molecule has 0 aromatic heterocycles. The Kier molecular flexibility index (Phi) is 8.11. The highest BCUT2D eigenvalue weighted by molar-refractivity contribution is 7.32. The van der Waals surface area contributed by atoms with Gasteiger partial charge in [-0.1, -0.05) is 50.2 Å². The van der Waals surface area contributed by atoms with Gasteiger partial charge in [-0.3, -0.25) is 0 Å². The maximum Gasteiger partial charge on any atom is 0.694 e. The van der Waals surface area contributed by atoms with Crippen molar-refractivity contribution in [2.24, 2.45) is 11.7 Å². The molecule has 0 amide bonds. The average Bonchev–Trinajstić information content (AvgIpc) is 3.06. The van der Waals surface area contributed by atoms with Gasteiger partial charge in [0.15, 0.2) is 0 Å². The van der Waals surface area contributed by atoms with E-state index >= 15 is 0 Å². The van der Waals surface area contributed by atoms with E-state index in [0.29, 0.717) is 12.3 Å². The fourth-order valence-electron chi connectivity index (χ4n) is 5.10. The Bertz CT molecular complexity index is 671. The van der Waals surface area contributed by atoms with Crippen LogP contribution in [0.4, 0.5) is 0 Å². The van der Waals surface area contributed by atoms with Gasteiger partial charge in [0.2, 0.25) is 0 Å². The zero-order valence-corrected chi connectivity index (χ0v) is 17.8. The standard InChI is InChI=1S/C22H33BNO3P/c23-12-3-1-2-4-17-5-6-19-15-20(8-7-18(19)14-17)21-9-10-22(24,16-21)11-13-27-28(25)26/h7-8,15,17,21H,1-6,9-14,16,24H2/p+1/t17?,21-,22-/m0/s1. The maximum atomic E-state index is 10.7. The van der Waals surface area contributed by atoms with E-state index in [0.717, 1.165) is 37.9 Å². The summed E-state index contributed by atoms with van der Waals surface area (Å²) in [6.07, 6.45) is 13.2. The van der Waals surface area contributed by atoms with Crippen molar-refractivity contribution in [2.75, 3.05) is 6.61 Å². The van der Waals surface area contributed by atoms with Crippen LogP contribution in [0.15, 0.2) is 18.2 Å². The topological polar surface area (TPSA) is 72.5 Å². The van der Waals surface area contributed by atoms with Crippen LogP contribution in [0.5, 0.6) is 0 Å². The summed E-state index contributed by atoms with van der Waals surface area (Å²) in [5.41, 5.74) is 10.7. The van der Waals surface area contributed by atoms with Gasteiger partial charge in [0.05, 0.1) is 7.85 Å². The summed E-state index contributed by atoms with van der Waals surface area (Å²) >= 11 is 0. The summed E-state index contributed by atoms with van der Waals surface area (Å²) in [5, 5.41) is 0. The molecule has 0 bridgehead atoms. The Balaban J connectivity index is 1.53. The van der Waals surface area contributed by atoms with Crippen molar-refractivity contribution in [2.45, 2.75) is 88.4 Å². The zero-order chi connectivity index (χ0) is 20.0. The summed E-state index contributed by atoms with van der Waals surface area (Å²) in [7, 11) is 3.07. The van der Waals surface area contributed by atoms with Crippen LogP contribution in [0.3, 0.4) is 0 Å². The van der Waals surface area contributed by atoms with Crippen molar-refractivity contribution in [3.05, 3.63) is 34.9 Å². The van der Waals surface area contributed by atoms with Gasteiger partial charge < -0.3 is 5.73 Å². The van der Waals surface area contributed by atoms with Gasteiger partial charge in [0, 0.05) is 10.1 Å². The van der Waals surface area contributed by atoms with Crippen LogP contribution in [0.25, 0.3) is 0 Å². The molecular formula is C22H34BNO3P+. The Morgan fingerprint density at radius 3 is 2.89 bits per heavy atom. The molecule has 1 fully saturated rings. The van der Waals surface area contributed by atoms with Gasteiger partial charge in [-0.15, -0.1) is 9.42 Å². The van der Waals surface area contributed by atoms with Gasteiger partial charge in [-0.2, -0.15) is 0 Å². The number of rotatable bonds is 10. The van der Waals surface area contributed by atoms with Crippen LogP contribution in [0, 0.1) is 5.92 Å². The molecule has 2 radical (unpaired) electrons. The molecule has 0 heterocycles. The van der Waals surface area contributed by atoms with Gasteiger partial charge in [-0.05, 0) is 73.5 Å². The molecule has 0 spiro atoms.